The summed E-state index contributed by atoms with van der Waals surface area (Å²) in [6.07, 6.45) is 4.51. The minimum Gasteiger partial charge on any atom is -0.370 e. The standard InChI is InChI=1S/C10H17N3O2/c1-5-6-9(2)7-12(4)10(11-3)8-13(14)15/h5-6,8,11H,1,7H2,2-4H3/b9-6+,10-8+. The van der Waals surface area contributed by atoms with Gasteiger partial charge in [-0.3, -0.25) is 10.1 Å². The van der Waals surface area contributed by atoms with Crippen LogP contribution in [0.4, 0.5) is 0 Å². The molecule has 0 unspecified atom stereocenters. The third-order valence-corrected chi connectivity index (χ3v) is 1.78. The van der Waals surface area contributed by atoms with Gasteiger partial charge in [-0.15, -0.1) is 0 Å². The minimum absolute atomic E-state index is 0.469. The van der Waals surface area contributed by atoms with Crippen LogP contribution in [0.3, 0.4) is 0 Å². The van der Waals surface area contributed by atoms with E-state index < -0.39 is 4.92 Å². The summed E-state index contributed by atoms with van der Waals surface area (Å²) in [6.45, 7) is 6.15. The van der Waals surface area contributed by atoms with Gasteiger partial charge in [0.15, 0.2) is 5.82 Å². The maximum atomic E-state index is 10.3. The predicted molar refractivity (Wildman–Crippen MR) is 60.7 cm³/mol. The van der Waals surface area contributed by atoms with Gasteiger partial charge in [-0.1, -0.05) is 24.3 Å². The van der Waals surface area contributed by atoms with Crippen LogP contribution < -0.4 is 5.32 Å². The Hall–Kier alpha value is -1.78. The van der Waals surface area contributed by atoms with E-state index in [-0.39, 0.29) is 0 Å². The molecule has 1 N–H and O–H groups in total. The molecule has 0 rings (SSSR count). The zero-order valence-electron chi connectivity index (χ0n) is 9.36. The number of likely N-dealkylation sites (N-methyl/N-ethyl adjacent to an activating group) is 1. The SMILES string of the molecule is C=C/C=C(\C)CN(C)/C(=C/[N+](=O)[O-])NC. The number of hydrogen-bond acceptors (Lipinski definition) is 4. The highest BCUT2D eigenvalue weighted by Gasteiger charge is 2.06. The van der Waals surface area contributed by atoms with Gasteiger partial charge in [0, 0.05) is 20.6 Å². The van der Waals surface area contributed by atoms with Crippen molar-refractivity contribution in [2.75, 3.05) is 20.6 Å². The van der Waals surface area contributed by atoms with Crippen molar-refractivity contribution in [3.8, 4) is 0 Å². The first-order valence-corrected chi connectivity index (χ1v) is 4.53. The molecule has 84 valence electrons. The number of rotatable bonds is 6. The molecule has 0 aromatic heterocycles. The van der Waals surface area contributed by atoms with Gasteiger partial charge in [0.2, 0.25) is 0 Å². The lowest BCUT2D eigenvalue weighted by Gasteiger charge is -2.20. The molecule has 0 aromatic rings. The van der Waals surface area contributed by atoms with E-state index in [1.807, 2.05) is 13.0 Å². The second-order valence-corrected chi connectivity index (χ2v) is 3.15. The highest BCUT2D eigenvalue weighted by atomic mass is 16.6. The molecule has 0 aromatic carbocycles. The molecule has 0 heterocycles. The van der Waals surface area contributed by atoms with Crippen LogP contribution in [0.15, 0.2) is 36.3 Å². The molecule has 5 heteroatoms. The maximum absolute atomic E-state index is 10.3. The van der Waals surface area contributed by atoms with Gasteiger partial charge >= 0.3 is 0 Å². The van der Waals surface area contributed by atoms with E-state index in [0.717, 1.165) is 11.8 Å². The number of hydrogen-bond donors (Lipinski definition) is 1. The van der Waals surface area contributed by atoms with E-state index in [9.17, 15) is 10.1 Å². The Morgan fingerprint density at radius 2 is 2.27 bits per heavy atom. The Morgan fingerprint density at radius 3 is 2.67 bits per heavy atom. The molecule has 0 bridgehead atoms. The fourth-order valence-corrected chi connectivity index (χ4v) is 1.17. The van der Waals surface area contributed by atoms with Crippen LogP contribution >= 0.6 is 0 Å². The summed E-state index contributed by atoms with van der Waals surface area (Å²) in [5.41, 5.74) is 1.08. The molecule has 0 fully saturated rings. The van der Waals surface area contributed by atoms with Crippen molar-refractivity contribution in [3.05, 3.63) is 46.4 Å². The molecular weight excluding hydrogens is 194 g/mol. The summed E-state index contributed by atoms with van der Waals surface area (Å²) in [5.74, 6) is 0.469. The Kier molecular flexibility index (Phi) is 5.85. The second kappa shape index (κ2) is 6.64. The first kappa shape index (κ1) is 13.2. The lowest BCUT2D eigenvalue weighted by atomic mass is 10.2. The lowest BCUT2D eigenvalue weighted by Crippen LogP contribution is -2.28. The number of nitro groups is 1. The first-order valence-electron chi connectivity index (χ1n) is 4.53. The zero-order chi connectivity index (χ0) is 11.8. The molecule has 0 aliphatic rings. The summed E-state index contributed by atoms with van der Waals surface area (Å²) in [6, 6.07) is 0. The molecule has 0 aliphatic carbocycles. The van der Waals surface area contributed by atoms with Crippen LogP contribution in [0, 0.1) is 10.1 Å². The molecule has 0 atom stereocenters. The van der Waals surface area contributed by atoms with E-state index >= 15 is 0 Å². The smallest absolute Gasteiger partial charge is 0.274 e. The van der Waals surface area contributed by atoms with Gasteiger partial charge < -0.3 is 10.2 Å². The topological polar surface area (TPSA) is 58.4 Å². The molecule has 5 nitrogen and oxygen atoms in total. The quantitative estimate of drug-likeness (QED) is 0.409. The van der Waals surface area contributed by atoms with Crippen LogP contribution in [-0.2, 0) is 0 Å². The predicted octanol–water partition coefficient (Wildman–Crippen LogP) is 1.35. The van der Waals surface area contributed by atoms with Crippen molar-refractivity contribution >= 4 is 0 Å². The highest BCUT2D eigenvalue weighted by Crippen LogP contribution is 2.02. The van der Waals surface area contributed by atoms with Gasteiger partial charge in [0.05, 0.1) is 4.92 Å². The van der Waals surface area contributed by atoms with Crippen molar-refractivity contribution in [2.24, 2.45) is 0 Å². The molecule has 0 saturated heterocycles. The van der Waals surface area contributed by atoms with E-state index in [4.69, 9.17) is 0 Å². The van der Waals surface area contributed by atoms with E-state index in [1.165, 1.54) is 0 Å². The summed E-state index contributed by atoms with van der Waals surface area (Å²) < 4.78 is 0. The molecule has 15 heavy (non-hydrogen) atoms. The van der Waals surface area contributed by atoms with Gasteiger partial charge in [0.1, 0.15) is 0 Å². The van der Waals surface area contributed by atoms with E-state index in [2.05, 4.69) is 11.9 Å². The van der Waals surface area contributed by atoms with E-state index in [0.29, 0.717) is 12.4 Å². The van der Waals surface area contributed by atoms with Crippen LogP contribution in [0.25, 0.3) is 0 Å². The Bertz CT molecular complexity index is 295. The minimum atomic E-state index is -0.477. The average molecular weight is 211 g/mol. The monoisotopic (exact) mass is 211 g/mol. The summed E-state index contributed by atoms with van der Waals surface area (Å²) >= 11 is 0. The maximum Gasteiger partial charge on any atom is 0.274 e. The zero-order valence-corrected chi connectivity index (χ0v) is 9.36. The van der Waals surface area contributed by atoms with Crippen molar-refractivity contribution in [1.82, 2.24) is 10.2 Å². The van der Waals surface area contributed by atoms with E-state index in [1.54, 1.807) is 25.1 Å². The third kappa shape index (κ3) is 5.51. The fraction of sp³-hybridized carbons (Fsp3) is 0.400. The lowest BCUT2D eigenvalue weighted by molar-refractivity contribution is -0.404. The van der Waals surface area contributed by atoms with Gasteiger partial charge in [-0.05, 0) is 6.92 Å². The van der Waals surface area contributed by atoms with Gasteiger partial charge in [-0.2, -0.15) is 0 Å². The fourth-order valence-electron chi connectivity index (χ4n) is 1.17. The van der Waals surface area contributed by atoms with Crippen LogP contribution in [0.1, 0.15) is 6.92 Å². The second-order valence-electron chi connectivity index (χ2n) is 3.15. The van der Waals surface area contributed by atoms with Crippen LogP contribution in [0.5, 0.6) is 0 Å². The molecular formula is C10H17N3O2. The largest absolute Gasteiger partial charge is 0.370 e. The average Bonchev–Trinajstić information content (AvgIpc) is 2.13. The summed E-state index contributed by atoms with van der Waals surface area (Å²) in [7, 11) is 3.44. The first-order chi connectivity index (χ1) is 7.01. The van der Waals surface area contributed by atoms with Crippen molar-refractivity contribution < 1.29 is 4.92 Å². The summed E-state index contributed by atoms with van der Waals surface area (Å²) in [4.78, 5) is 11.6. The molecule has 0 amide bonds. The molecule has 0 saturated carbocycles. The number of allylic oxidation sites excluding steroid dienone is 2. The van der Waals surface area contributed by atoms with Crippen molar-refractivity contribution in [2.45, 2.75) is 6.92 Å². The Labute approximate surface area is 89.9 Å². The van der Waals surface area contributed by atoms with Crippen LogP contribution in [0.2, 0.25) is 0 Å². The normalized spacial score (nSPS) is 12.2. The molecule has 0 aliphatic heterocycles. The highest BCUT2D eigenvalue weighted by molar-refractivity contribution is 5.11. The third-order valence-electron chi connectivity index (χ3n) is 1.78. The summed E-state index contributed by atoms with van der Waals surface area (Å²) in [5, 5.41) is 13.1. The van der Waals surface area contributed by atoms with Crippen molar-refractivity contribution in [1.29, 1.82) is 0 Å². The number of nitrogens with zero attached hydrogens (tertiary/aromatic N) is 2. The molecule has 0 spiro atoms. The Morgan fingerprint density at radius 1 is 1.67 bits per heavy atom. The van der Waals surface area contributed by atoms with Crippen LogP contribution in [-0.4, -0.2) is 30.5 Å². The number of nitrogens with one attached hydrogen (secondary N) is 1. The Balaban J connectivity index is 4.53. The van der Waals surface area contributed by atoms with Gasteiger partial charge in [0.25, 0.3) is 6.20 Å². The van der Waals surface area contributed by atoms with Crippen molar-refractivity contribution in [3.63, 3.8) is 0 Å². The molecule has 0 radical (unpaired) electrons. The van der Waals surface area contributed by atoms with Gasteiger partial charge in [-0.25, -0.2) is 0 Å².